The van der Waals surface area contributed by atoms with Crippen molar-refractivity contribution in [3.05, 3.63) is 12.1 Å². The number of rotatable bonds is 2. The van der Waals surface area contributed by atoms with E-state index < -0.39 is 0 Å². The van der Waals surface area contributed by atoms with Gasteiger partial charge in [-0.1, -0.05) is 0 Å². The summed E-state index contributed by atoms with van der Waals surface area (Å²) in [5.74, 6) is 4.11. The van der Waals surface area contributed by atoms with Gasteiger partial charge < -0.3 is 21.1 Å². The van der Waals surface area contributed by atoms with Crippen LogP contribution in [0.25, 0.3) is 0 Å². The summed E-state index contributed by atoms with van der Waals surface area (Å²) in [5, 5.41) is 6.46. The maximum absolute atomic E-state index is 11.4. The van der Waals surface area contributed by atoms with Gasteiger partial charge in [0, 0.05) is 12.1 Å². The molecule has 1 heterocycles. The standard InChI is InChI=1S/C16H19N3O2/c17-9-4-12-11(18-13(20)6-21-12)5-10(9)19-16-14-7-1-2-8(3-7)15(14)16/h4-5,7-8,14-16,19H,1-3,6,17H2,(H,18,20). The highest BCUT2D eigenvalue weighted by Gasteiger charge is 2.65. The Morgan fingerprint density at radius 2 is 2.00 bits per heavy atom. The first-order chi connectivity index (χ1) is 10.2. The quantitative estimate of drug-likeness (QED) is 0.727. The number of hydrogen-bond donors (Lipinski definition) is 3. The summed E-state index contributed by atoms with van der Waals surface area (Å²) < 4.78 is 5.39. The predicted octanol–water partition coefficient (Wildman–Crippen LogP) is 2.06. The lowest BCUT2D eigenvalue weighted by atomic mass is 10.0. The number of carbonyl (C=O) groups is 1. The molecule has 0 aromatic heterocycles. The smallest absolute Gasteiger partial charge is 0.262 e. The maximum atomic E-state index is 11.4. The van der Waals surface area contributed by atoms with Crippen molar-refractivity contribution in [1.29, 1.82) is 0 Å². The first-order valence-corrected chi connectivity index (χ1v) is 7.83. The van der Waals surface area contributed by atoms with Crippen LogP contribution in [-0.4, -0.2) is 18.6 Å². The Morgan fingerprint density at radius 1 is 1.24 bits per heavy atom. The molecule has 1 aromatic rings. The van der Waals surface area contributed by atoms with Gasteiger partial charge in [-0.05, 0) is 49.0 Å². The molecule has 110 valence electrons. The van der Waals surface area contributed by atoms with Crippen LogP contribution in [-0.2, 0) is 4.79 Å². The lowest BCUT2D eigenvalue weighted by Gasteiger charge is -2.21. The van der Waals surface area contributed by atoms with Crippen LogP contribution in [0.2, 0.25) is 0 Å². The van der Waals surface area contributed by atoms with Crippen molar-refractivity contribution in [3.8, 4) is 5.75 Å². The minimum absolute atomic E-state index is 0.0648. The molecule has 4 unspecified atom stereocenters. The number of benzene rings is 1. The summed E-state index contributed by atoms with van der Waals surface area (Å²) in [7, 11) is 0. The molecular weight excluding hydrogens is 266 g/mol. The number of nitrogen functional groups attached to an aromatic ring is 1. The Hall–Kier alpha value is -1.91. The van der Waals surface area contributed by atoms with Gasteiger partial charge in [-0.25, -0.2) is 0 Å². The summed E-state index contributed by atoms with van der Waals surface area (Å²) in [6.45, 7) is 0.0648. The van der Waals surface area contributed by atoms with Crippen molar-refractivity contribution in [2.45, 2.75) is 25.3 Å². The first kappa shape index (κ1) is 11.7. The molecule has 4 N–H and O–H groups in total. The SMILES string of the molecule is Nc1cc2c(cc1NC1C3C4CCC(C4)C13)NC(=O)CO2. The summed E-state index contributed by atoms with van der Waals surface area (Å²) in [5.41, 5.74) is 8.48. The van der Waals surface area contributed by atoms with E-state index in [0.717, 1.165) is 35.0 Å². The summed E-state index contributed by atoms with van der Waals surface area (Å²) in [6, 6.07) is 4.30. The second kappa shape index (κ2) is 3.84. The van der Waals surface area contributed by atoms with E-state index in [4.69, 9.17) is 10.5 Å². The average molecular weight is 285 g/mol. The lowest BCUT2D eigenvalue weighted by Crippen LogP contribution is -2.25. The zero-order chi connectivity index (χ0) is 14.1. The minimum atomic E-state index is -0.112. The number of amides is 1. The summed E-state index contributed by atoms with van der Waals surface area (Å²) in [4.78, 5) is 11.4. The van der Waals surface area contributed by atoms with Crippen LogP contribution in [0.4, 0.5) is 17.1 Å². The van der Waals surface area contributed by atoms with Crippen molar-refractivity contribution < 1.29 is 9.53 Å². The van der Waals surface area contributed by atoms with Crippen molar-refractivity contribution in [2.75, 3.05) is 23.0 Å². The van der Waals surface area contributed by atoms with Crippen LogP contribution < -0.4 is 21.1 Å². The number of carbonyl (C=O) groups excluding carboxylic acids is 1. The zero-order valence-electron chi connectivity index (χ0n) is 11.8. The zero-order valence-corrected chi connectivity index (χ0v) is 11.8. The summed E-state index contributed by atoms with van der Waals surface area (Å²) >= 11 is 0. The molecule has 0 radical (unpaired) electrons. The topological polar surface area (TPSA) is 76.4 Å². The van der Waals surface area contributed by atoms with Gasteiger partial charge in [-0.3, -0.25) is 4.79 Å². The van der Waals surface area contributed by atoms with E-state index in [1.54, 1.807) is 0 Å². The van der Waals surface area contributed by atoms with Crippen molar-refractivity contribution in [1.82, 2.24) is 0 Å². The Bertz CT molecular complexity index is 629. The van der Waals surface area contributed by atoms with Crippen molar-refractivity contribution >= 4 is 23.0 Å². The van der Waals surface area contributed by atoms with Gasteiger partial charge in [-0.15, -0.1) is 0 Å². The molecule has 3 fully saturated rings. The molecule has 3 saturated carbocycles. The van der Waals surface area contributed by atoms with E-state index in [1.165, 1.54) is 19.3 Å². The third kappa shape index (κ3) is 1.60. The Balaban J connectivity index is 1.40. The molecule has 5 rings (SSSR count). The normalized spacial score (nSPS) is 38.3. The largest absolute Gasteiger partial charge is 0.482 e. The van der Waals surface area contributed by atoms with Crippen LogP contribution in [0.3, 0.4) is 0 Å². The van der Waals surface area contributed by atoms with Crippen molar-refractivity contribution in [2.24, 2.45) is 23.7 Å². The molecule has 4 atom stereocenters. The number of hydrogen-bond acceptors (Lipinski definition) is 4. The molecule has 3 aliphatic carbocycles. The van der Waals surface area contributed by atoms with Crippen LogP contribution in [0.15, 0.2) is 12.1 Å². The molecule has 0 spiro atoms. The Kier molecular flexibility index (Phi) is 2.14. The maximum Gasteiger partial charge on any atom is 0.262 e. The molecule has 1 aromatic carbocycles. The number of fused-ring (bicyclic) bond motifs is 6. The number of anilines is 3. The van der Waals surface area contributed by atoms with Gasteiger partial charge in [0.25, 0.3) is 5.91 Å². The molecule has 5 heteroatoms. The van der Waals surface area contributed by atoms with E-state index in [9.17, 15) is 4.79 Å². The predicted molar refractivity (Wildman–Crippen MR) is 80.2 cm³/mol. The lowest BCUT2D eigenvalue weighted by molar-refractivity contribution is -0.118. The fourth-order valence-electron chi connectivity index (χ4n) is 4.97. The molecule has 0 saturated heterocycles. The molecule has 2 bridgehead atoms. The highest BCUT2D eigenvalue weighted by molar-refractivity contribution is 5.97. The molecule has 5 nitrogen and oxygen atoms in total. The van der Waals surface area contributed by atoms with Gasteiger partial charge in [-0.2, -0.15) is 0 Å². The molecule has 1 amide bonds. The fourth-order valence-corrected chi connectivity index (χ4v) is 4.97. The first-order valence-electron chi connectivity index (χ1n) is 7.83. The van der Waals surface area contributed by atoms with E-state index in [-0.39, 0.29) is 12.5 Å². The third-order valence-electron chi connectivity index (χ3n) is 5.84. The molecule has 1 aliphatic heterocycles. The highest BCUT2D eigenvalue weighted by Crippen LogP contribution is 2.66. The van der Waals surface area contributed by atoms with E-state index >= 15 is 0 Å². The fraction of sp³-hybridized carbons (Fsp3) is 0.562. The van der Waals surface area contributed by atoms with Crippen LogP contribution in [0, 0.1) is 23.7 Å². The van der Waals surface area contributed by atoms with Gasteiger partial charge in [0.1, 0.15) is 5.75 Å². The van der Waals surface area contributed by atoms with E-state index in [2.05, 4.69) is 10.6 Å². The molecule has 4 aliphatic rings. The van der Waals surface area contributed by atoms with E-state index in [0.29, 0.717) is 17.5 Å². The minimum Gasteiger partial charge on any atom is -0.482 e. The summed E-state index contributed by atoms with van der Waals surface area (Å²) in [6.07, 6.45) is 4.26. The Labute approximate surface area is 123 Å². The van der Waals surface area contributed by atoms with Gasteiger partial charge in [0.05, 0.1) is 17.1 Å². The highest BCUT2D eigenvalue weighted by atomic mass is 16.5. The molecular formula is C16H19N3O2. The van der Waals surface area contributed by atoms with E-state index in [1.807, 2.05) is 12.1 Å². The number of ether oxygens (including phenoxy) is 1. The second-order valence-electron chi connectivity index (χ2n) is 6.93. The van der Waals surface area contributed by atoms with Crippen LogP contribution in [0.1, 0.15) is 19.3 Å². The monoisotopic (exact) mass is 285 g/mol. The van der Waals surface area contributed by atoms with Crippen LogP contribution >= 0.6 is 0 Å². The Morgan fingerprint density at radius 3 is 2.76 bits per heavy atom. The van der Waals surface area contributed by atoms with Gasteiger partial charge >= 0.3 is 0 Å². The second-order valence-corrected chi connectivity index (χ2v) is 6.93. The number of nitrogens with one attached hydrogen (secondary N) is 2. The third-order valence-corrected chi connectivity index (χ3v) is 5.84. The van der Waals surface area contributed by atoms with Gasteiger partial charge in [0.15, 0.2) is 6.61 Å². The number of nitrogens with two attached hydrogens (primary N) is 1. The van der Waals surface area contributed by atoms with Crippen LogP contribution in [0.5, 0.6) is 5.75 Å². The van der Waals surface area contributed by atoms with Gasteiger partial charge in [0.2, 0.25) is 0 Å². The molecule has 21 heavy (non-hydrogen) atoms. The van der Waals surface area contributed by atoms with Crippen molar-refractivity contribution in [3.63, 3.8) is 0 Å². The average Bonchev–Trinajstić information content (AvgIpc) is 2.85.